The summed E-state index contributed by atoms with van der Waals surface area (Å²) >= 11 is 0. The van der Waals surface area contributed by atoms with Gasteiger partial charge in [0.15, 0.2) is 0 Å². The largest absolute Gasteiger partial charge is 0.416 e. The molecule has 0 spiro atoms. The second-order valence-corrected chi connectivity index (χ2v) is 11.3. The van der Waals surface area contributed by atoms with Gasteiger partial charge in [0, 0.05) is 0 Å². The standard InChI is InChI=1S/C30H46F4/c1-2-3-4-5-6-7-8-9-23-10-12-24(13-11-23)14-15-25-16-18-26(19-17-25)28-21-20-27(22-29(28)31)30(32,33)34/h20-26H,2-19H2,1H3. The van der Waals surface area contributed by atoms with Gasteiger partial charge in [0.1, 0.15) is 5.82 Å². The van der Waals surface area contributed by atoms with Gasteiger partial charge in [-0.2, -0.15) is 13.2 Å². The lowest BCUT2D eigenvalue weighted by molar-refractivity contribution is -0.137. The van der Waals surface area contributed by atoms with Crippen LogP contribution in [0, 0.1) is 23.6 Å². The van der Waals surface area contributed by atoms with Crippen molar-refractivity contribution in [3.05, 3.63) is 35.1 Å². The van der Waals surface area contributed by atoms with Crippen LogP contribution in [0.3, 0.4) is 0 Å². The highest BCUT2D eigenvalue weighted by Gasteiger charge is 2.32. The van der Waals surface area contributed by atoms with E-state index in [0.29, 0.717) is 17.5 Å². The first-order valence-corrected chi connectivity index (χ1v) is 14.2. The molecule has 2 fully saturated rings. The number of alkyl halides is 3. The van der Waals surface area contributed by atoms with Gasteiger partial charge in [0.2, 0.25) is 0 Å². The molecular formula is C30H46F4. The fourth-order valence-corrected chi connectivity index (χ4v) is 6.47. The van der Waals surface area contributed by atoms with Crippen LogP contribution < -0.4 is 0 Å². The van der Waals surface area contributed by atoms with Gasteiger partial charge in [0.25, 0.3) is 0 Å². The quantitative estimate of drug-likeness (QED) is 0.205. The van der Waals surface area contributed by atoms with Gasteiger partial charge in [-0.3, -0.25) is 0 Å². The first-order valence-electron chi connectivity index (χ1n) is 14.2. The summed E-state index contributed by atoms with van der Waals surface area (Å²) in [6.07, 6.45) is 19.0. The Morgan fingerprint density at radius 1 is 0.676 bits per heavy atom. The first kappa shape index (κ1) is 27.5. The summed E-state index contributed by atoms with van der Waals surface area (Å²) in [5, 5.41) is 0. The maximum absolute atomic E-state index is 14.3. The van der Waals surface area contributed by atoms with Crippen LogP contribution in [0.15, 0.2) is 18.2 Å². The van der Waals surface area contributed by atoms with Gasteiger partial charge < -0.3 is 0 Å². The second-order valence-electron chi connectivity index (χ2n) is 11.3. The van der Waals surface area contributed by atoms with Gasteiger partial charge in [0.05, 0.1) is 5.56 Å². The molecule has 0 aromatic heterocycles. The number of halogens is 4. The van der Waals surface area contributed by atoms with E-state index in [9.17, 15) is 17.6 Å². The fraction of sp³-hybridized carbons (Fsp3) is 0.800. The Balaban J connectivity index is 1.28. The third-order valence-corrected chi connectivity index (χ3v) is 8.78. The average molecular weight is 483 g/mol. The Morgan fingerprint density at radius 2 is 1.18 bits per heavy atom. The monoisotopic (exact) mass is 482 g/mol. The average Bonchev–Trinajstić information content (AvgIpc) is 2.83. The summed E-state index contributed by atoms with van der Waals surface area (Å²) < 4.78 is 52.8. The van der Waals surface area contributed by atoms with E-state index in [1.54, 1.807) is 0 Å². The Morgan fingerprint density at radius 3 is 1.71 bits per heavy atom. The minimum Gasteiger partial charge on any atom is -0.207 e. The van der Waals surface area contributed by atoms with Gasteiger partial charge >= 0.3 is 6.18 Å². The van der Waals surface area contributed by atoms with E-state index in [1.807, 2.05) is 0 Å². The summed E-state index contributed by atoms with van der Waals surface area (Å²) in [4.78, 5) is 0. The van der Waals surface area contributed by atoms with Crippen LogP contribution in [0.1, 0.15) is 140 Å². The molecule has 1 aromatic carbocycles. The normalized spacial score (nSPS) is 26.0. The topological polar surface area (TPSA) is 0 Å². The molecule has 0 atom stereocenters. The van der Waals surface area contributed by atoms with Crippen LogP contribution in [0.4, 0.5) is 17.6 Å². The molecule has 2 saturated carbocycles. The van der Waals surface area contributed by atoms with Gasteiger partial charge in [-0.25, -0.2) is 4.39 Å². The van der Waals surface area contributed by atoms with Crippen molar-refractivity contribution in [1.29, 1.82) is 0 Å². The van der Waals surface area contributed by atoms with Crippen molar-refractivity contribution in [3.8, 4) is 0 Å². The lowest BCUT2D eigenvalue weighted by atomic mass is 9.74. The Bertz CT molecular complexity index is 694. The van der Waals surface area contributed by atoms with Gasteiger partial charge in [-0.1, -0.05) is 103 Å². The third-order valence-electron chi connectivity index (χ3n) is 8.78. The number of rotatable bonds is 12. The Labute approximate surface area is 205 Å². The number of unbranched alkanes of at least 4 members (excludes halogenated alkanes) is 6. The van der Waals surface area contributed by atoms with Crippen LogP contribution in [-0.4, -0.2) is 0 Å². The number of benzene rings is 1. The van der Waals surface area contributed by atoms with Crippen LogP contribution >= 0.6 is 0 Å². The van der Waals surface area contributed by atoms with Crippen LogP contribution in [-0.2, 0) is 6.18 Å². The highest BCUT2D eigenvalue weighted by atomic mass is 19.4. The predicted octanol–water partition coefficient (Wildman–Crippen LogP) is 10.8. The van der Waals surface area contributed by atoms with E-state index in [2.05, 4.69) is 6.92 Å². The Kier molecular flexibility index (Phi) is 11.2. The summed E-state index contributed by atoms with van der Waals surface area (Å²) in [7, 11) is 0. The molecule has 1 aromatic rings. The number of hydrogen-bond donors (Lipinski definition) is 0. The lowest BCUT2D eigenvalue weighted by Crippen LogP contribution is -2.18. The molecule has 2 aliphatic carbocycles. The van der Waals surface area contributed by atoms with Crippen molar-refractivity contribution in [2.75, 3.05) is 0 Å². The molecule has 0 amide bonds. The molecule has 194 valence electrons. The molecular weight excluding hydrogens is 436 g/mol. The van der Waals surface area contributed by atoms with Gasteiger partial charge in [-0.15, -0.1) is 0 Å². The van der Waals surface area contributed by atoms with Crippen molar-refractivity contribution in [2.45, 2.75) is 135 Å². The molecule has 0 saturated heterocycles. The van der Waals surface area contributed by atoms with Crippen molar-refractivity contribution < 1.29 is 17.6 Å². The first-order chi connectivity index (χ1) is 16.4. The summed E-state index contributed by atoms with van der Waals surface area (Å²) in [5.74, 6) is 1.93. The minimum absolute atomic E-state index is 0.0700. The van der Waals surface area contributed by atoms with Crippen molar-refractivity contribution >= 4 is 0 Å². The van der Waals surface area contributed by atoms with E-state index < -0.39 is 17.6 Å². The van der Waals surface area contributed by atoms with E-state index >= 15 is 0 Å². The molecule has 4 heteroatoms. The molecule has 34 heavy (non-hydrogen) atoms. The van der Waals surface area contributed by atoms with E-state index in [0.717, 1.165) is 43.6 Å². The van der Waals surface area contributed by atoms with Crippen molar-refractivity contribution in [3.63, 3.8) is 0 Å². The third kappa shape index (κ3) is 8.86. The number of hydrogen-bond acceptors (Lipinski definition) is 0. The summed E-state index contributed by atoms with van der Waals surface area (Å²) in [6.45, 7) is 2.27. The smallest absolute Gasteiger partial charge is 0.207 e. The molecule has 2 aliphatic rings. The fourth-order valence-electron chi connectivity index (χ4n) is 6.47. The predicted molar refractivity (Wildman–Crippen MR) is 133 cm³/mol. The molecule has 0 heterocycles. The zero-order valence-corrected chi connectivity index (χ0v) is 21.3. The minimum atomic E-state index is -4.48. The highest BCUT2D eigenvalue weighted by molar-refractivity contribution is 5.29. The van der Waals surface area contributed by atoms with Crippen LogP contribution in [0.5, 0.6) is 0 Å². The maximum atomic E-state index is 14.3. The molecule has 0 unspecified atom stereocenters. The summed E-state index contributed by atoms with van der Waals surface area (Å²) in [6, 6.07) is 3.08. The molecule has 0 nitrogen and oxygen atoms in total. The van der Waals surface area contributed by atoms with Gasteiger partial charge in [-0.05, 0) is 67.1 Å². The van der Waals surface area contributed by atoms with E-state index in [4.69, 9.17) is 0 Å². The zero-order chi connectivity index (χ0) is 24.4. The maximum Gasteiger partial charge on any atom is 0.416 e. The Hall–Kier alpha value is -1.06. The van der Waals surface area contributed by atoms with Crippen molar-refractivity contribution in [1.82, 2.24) is 0 Å². The van der Waals surface area contributed by atoms with Crippen LogP contribution in [0.2, 0.25) is 0 Å². The van der Waals surface area contributed by atoms with E-state index in [-0.39, 0.29) is 5.92 Å². The second kappa shape index (κ2) is 13.9. The van der Waals surface area contributed by atoms with Crippen LogP contribution in [0.25, 0.3) is 0 Å². The molecule has 0 bridgehead atoms. The van der Waals surface area contributed by atoms with Crippen molar-refractivity contribution in [2.24, 2.45) is 17.8 Å². The van der Waals surface area contributed by atoms with E-state index in [1.165, 1.54) is 96.0 Å². The molecule has 0 N–H and O–H groups in total. The SMILES string of the molecule is CCCCCCCCCC1CCC(CCC2CCC(c3ccc(C(F)(F)F)cc3F)CC2)CC1. The summed E-state index contributed by atoms with van der Waals surface area (Å²) in [5.41, 5.74) is -0.412. The molecule has 0 radical (unpaired) electrons. The molecule has 3 rings (SSSR count). The lowest BCUT2D eigenvalue weighted by Gasteiger charge is -2.32. The zero-order valence-electron chi connectivity index (χ0n) is 21.3. The molecule has 0 aliphatic heterocycles. The highest BCUT2D eigenvalue weighted by Crippen LogP contribution is 2.41.